The van der Waals surface area contributed by atoms with Crippen LogP contribution in [0.2, 0.25) is 0 Å². The van der Waals surface area contributed by atoms with Gasteiger partial charge in [-0.2, -0.15) is 0 Å². The van der Waals surface area contributed by atoms with E-state index < -0.39 is 0 Å². The van der Waals surface area contributed by atoms with Crippen molar-refractivity contribution in [3.8, 4) is 0 Å². The van der Waals surface area contributed by atoms with Crippen molar-refractivity contribution in [3.05, 3.63) is 0 Å². The summed E-state index contributed by atoms with van der Waals surface area (Å²) in [7, 11) is 12.9. The lowest BCUT2D eigenvalue weighted by atomic mass is 10.3. The summed E-state index contributed by atoms with van der Waals surface area (Å²) in [6, 6.07) is 0. The lowest BCUT2D eigenvalue weighted by Crippen LogP contribution is -2.49. The van der Waals surface area contributed by atoms with Crippen LogP contribution in [0.5, 0.6) is 0 Å². The van der Waals surface area contributed by atoms with Crippen LogP contribution in [0.25, 0.3) is 0 Å². The molecule has 0 aliphatic rings. The summed E-state index contributed by atoms with van der Waals surface area (Å²) in [6.45, 7) is 9.59. The Morgan fingerprint density at radius 2 is 1.50 bits per heavy atom. The van der Waals surface area contributed by atoms with E-state index in [2.05, 4.69) is 55.3 Å². The Morgan fingerprint density at radius 3 is 2.05 bits per heavy atom. The lowest BCUT2D eigenvalue weighted by Gasteiger charge is -2.33. The first-order valence-corrected chi connectivity index (χ1v) is 8.44. The highest BCUT2D eigenvalue weighted by atomic mass is 16.3. The molecule has 134 valence electrons. The van der Waals surface area contributed by atoms with Crippen LogP contribution in [0, 0.1) is 0 Å². The maximum Gasteiger partial charge on any atom is 0.0912 e. The Hall–Kier alpha value is -0.240. The molecule has 0 heterocycles. The summed E-state index contributed by atoms with van der Waals surface area (Å²) in [5.74, 6) is 0. The molecule has 0 spiro atoms. The first-order valence-electron chi connectivity index (χ1n) is 8.44. The zero-order chi connectivity index (χ0) is 17.0. The monoisotopic (exact) mass is 318 g/mol. The fourth-order valence-electron chi connectivity index (χ4n) is 2.21. The Morgan fingerprint density at radius 1 is 0.864 bits per heavy atom. The maximum absolute atomic E-state index is 9.27. The molecule has 0 aromatic carbocycles. The van der Waals surface area contributed by atoms with Gasteiger partial charge in [-0.3, -0.25) is 4.90 Å². The molecule has 22 heavy (non-hydrogen) atoms. The number of nitrogens with one attached hydrogen (secondary N) is 1. The molecular weight excluding hydrogens is 278 g/mol. The molecule has 0 saturated heterocycles. The van der Waals surface area contributed by atoms with E-state index in [0.29, 0.717) is 0 Å². The smallest absolute Gasteiger partial charge is 0.0912 e. The molecule has 6 heteroatoms. The van der Waals surface area contributed by atoms with Crippen molar-refractivity contribution in [3.63, 3.8) is 0 Å². The van der Waals surface area contributed by atoms with Crippen molar-refractivity contribution >= 4 is 0 Å². The van der Waals surface area contributed by atoms with Gasteiger partial charge >= 0.3 is 0 Å². The summed E-state index contributed by atoms with van der Waals surface area (Å²) < 4.78 is 1.01. The first-order chi connectivity index (χ1) is 10.3. The number of aliphatic hydroxyl groups excluding tert-OH is 1. The van der Waals surface area contributed by atoms with Crippen LogP contribution in [-0.4, -0.2) is 132 Å². The molecule has 0 atom stereocenters. The minimum atomic E-state index is 0.241. The molecule has 0 aromatic heterocycles. The van der Waals surface area contributed by atoms with E-state index in [1.54, 1.807) is 0 Å². The predicted octanol–water partition coefficient (Wildman–Crippen LogP) is -0.930. The van der Waals surface area contributed by atoms with Gasteiger partial charge in [-0.1, -0.05) is 0 Å². The van der Waals surface area contributed by atoms with Gasteiger partial charge in [-0.25, -0.2) is 0 Å². The number of hydrogen-bond donors (Lipinski definition) is 2. The van der Waals surface area contributed by atoms with Gasteiger partial charge in [0, 0.05) is 45.8 Å². The molecule has 0 fully saturated rings. The van der Waals surface area contributed by atoms with Crippen LogP contribution in [0.3, 0.4) is 0 Å². The second kappa shape index (κ2) is 12.2. The standard InChI is InChI=1S/C16H40N5O/c1-17-7-14-21(5,6)15-12-20(13-16-22)11-10-19(4)9-8-18(2)3/h17,22H,7-16H2,1-6H3/q+1. The summed E-state index contributed by atoms with van der Waals surface area (Å²) in [5.41, 5.74) is 0. The number of rotatable bonds is 14. The number of aliphatic hydroxyl groups is 1. The zero-order valence-electron chi connectivity index (χ0n) is 15.8. The Bertz CT molecular complexity index is 261. The van der Waals surface area contributed by atoms with Crippen LogP contribution < -0.4 is 5.32 Å². The summed E-state index contributed by atoms with van der Waals surface area (Å²) in [4.78, 5) is 6.96. The van der Waals surface area contributed by atoms with Gasteiger partial charge in [0.1, 0.15) is 0 Å². The Labute approximate surface area is 138 Å². The average molecular weight is 319 g/mol. The number of hydrogen-bond acceptors (Lipinski definition) is 5. The van der Waals surface area contributed by atoms with Crippen molar-refractivity contribution in [2.24, 2.45) is 0 Å². The third kappa shape index (κ3) is 12.3. The SMILES string of the molecule is CNCC[N+](C)(C)CCN(CCO)CCN(C)CCN(C)C. The van der Waals surface area contributed by atoms with Gasteiger partial charge in [0.15, 0.2) is 0 Å². The van der Waals surface area contributed by atoms with Crippen molar-refractivity contribution < 1.29 is 9.59 Å². The van der Waals surface area contributed by atoms with Crippen molar-refractivity contribution in [1.82, 2.24) is 20.0 Å². The fraction of sp³-hybridized carbons (Fsp3) is 1.00. The van der Waals surface area contributed by atoms with E-state index in [-0.39, 0.29) is 6.61 Å². The third-order valence-electron chi connectivity index (χ3n) is 4.13. The quantitative estimate of drug-likeness (QED) is 0.405. The van der Waals surface area contributed by atoms with Crippen LogP contribution in [0.1, 0.15) is 0 Å². The molecule has 0 rings (SSSR count). The molecule has 6 nitrogen and oxygen atoms in total. The van der Waals surface area contributed by atoms with Gasteiger partial charge in [-0.05, 0) is 28.2 Å². The van der Waals surface area contributed by atoms with E-state index >= 15 is 0 Å². The number of nitrogens with zero attached hydrogens (tertiary/aromatic N) is 4. The highest BCUT2D eigenvalue weighted by Crippen LogP contribution is 1.99. The largest absolute Gasteiger partial charge is 0.395 e. The molecule has 0 aliphatic heterocycles. The average Bonchev–Trinajstić information content (AvgIpc) is 2.46. The predicted molar refractivity (Wildman–Crippen MR) is 95.3 cm³/mol. The molecule has 0 unspecified atom stereocenters. The van der Waals surface area contributed by atoms with Crippen molar-refractivity contribution in [2.75, 3.05) is 108 Å². The van der Waals surface area contributed by atoms with Crippen LogP contribution in [0.4, 0.5) is 0 Å². The molecule has 0 aliphatic carbocycles. The second-order valence-electron chi connectivity index (χ2n) is 7.16. The third-order valence-corrected chi connectivity index (χ3v) is 4.13. The van der Waals surface area contributed by atoms with E-state index in [4.69, 9.17) is 0 Å². The minimum Gasteiger partial charge on any atom is -0.395 e. The lowest BCUT2D eigenvalue weighted by molar-refractivity contribution is -0.888. The molecule has 0 bridgehead atoms. The van der Waals surface area contributed by atoms with E-state index in [0.717, 1.165) is 63.4 Å². The normalized spacial score (nSPS) is 12.8. The van der Waals surface area contributed by atoms with Crippen LogP contribution in [-0.2, 0) is 0 Å². The van der Waals surface area contributed by atoms with Crippen LogP contribution in [0.15, 0.2) is 0 Å². The van der Waals surface area contributed by atoms with Gasteiger partial charge in [0.25, 0.3) is 0 Å². The Kier molecular flexibility index (Phi) is 12.1. The summed E-state index contributed by atoms with van der Waals surface area (Å²) >= 11 is 0. The highest BCUT2D eigenvalue weighted by molar-refractivity contribution is 4.62. The second-order valence-corrected chi connectivity index (χ2v) is 7.16. The molecule has 2 N–H and O–H groups in total. The van der Waals surface area contributed by atoms with Crippen molar-refractivity contribution in [1.29, 1.82) is 0 Å². The summed E-state index contributed by atoms with van der Waals surface area (Å²) in [5, 5.41) is 12.5. The van der Waals surface area contributed by atoms with E-state index in [9.17, 15) is 5.11 Å². The van der Waals surface area contributed by atoms with Crippen LogP contribution >= 0.6 is 0 Å². The van der Waals surface area contributed by atoms with E-state index in [1.165, 1.54) is 0 Å². The zero-order valence-corrected chi connectivity index (χ0v) is 15.8. The van der Waals surface area contributed by atoms with E-state index in [1.807, 2.05) is 7.05 Å². The minimum absolute atomic E-state index is 0.241. The first kappa shape index (κ1) is 21.8. The molecule has 0 radical (unpaired) electrons. The molecule has 0 amide bonds. The van der Waals surface area contributed by atoms with Gasteiger partial charge in [0.05, 0.1) is 33.8 Å². The number of likely N-dealkylation sites (N-methyl/N-ethyl adjacent to an activating group) is 4. The van der Waals surface area contributed by atoms with Crippen molar-refractivity contribution in [2.45, 2.75) is 0 Å². The molecule has 0 aromatic rings. The summed E-state index contributed by atoms with van der Waals surface area (Å²) in [6.07, 6.45) is 0. The Balaban J connectivity index is 4.09. The fourth-order valence-corrected chi connectivity index (χ4v) is 2.21. The molecular formula is C16H40N5O+. The number of quaternary nitrogens is 1. The maximum atomic E-state index is 9.27. The highest BCUT2D eigenvalue weighted by Gasteiger charge is 2.16. The molecule has 0 saturated carbocycles. The van der Waals surface area contributed by atoms with Gasteiger partial charge < -0.3 is 24.7 Å². The topological polar surface area (TPSA) is 42.0 Å². The van der Waals surface area contributed by atoms with Gasteiger partial charge in [-0.15, -0.1) is 0 Å². The van der Waals surface area contributed by atoms with Gasteiger partial charge in [0.2, 0.25) is 0 Å².